The SMILES string of the molecule is COc1ncnc(OC2CCCC2CN)c1C. The van der Waals surface area contributed by atoms with E-state index in [9.17, 15) is 0 Å². The fourth-order valence-electron chi connectivity index (χ4n) is 2.31. The van der Waals surface area contributed by atoms with Gasteiger partial charge >= 0.3 is 0 Å². The van der Waals surface area contributed by atoms with Crippen molar-refractivity contribution < 1.29 is 9.47 Å². The Morgan fingerprint density at radius 2 is 2.12 bits per heavy atom. The van der Waals surface area contributed by atoms with Gasteiger partial charge in [0.2, 0.25) is 11.8 Å². The van der Waals surface area contributed by atoms with Crippen LogP contribution < -0.4 is 15.2 Å². The van der Waals surface area contributed by atoms with E-state index in [1.54, 1.807) is 7.11 Å². The van der Waals surface area contributed by atoms with Crippen molar-refractivity contribution >= 4 is 0 Å². The molecule has 0 aliphatic heterocycles. The molecule has 1 heterocycles. The van der Waals surface area contributed by atoms with Gasteiger partial charge in [-0.05, 0) is 32.7 Å². The molecule has 0 bridgehead atoms. The molecule has 1 fully saturated rings. The molecule has 5 nitrogen and oxygen atoms in total. The van der Waals surface area contributed by atoms with Gasteiger partial charge in [0, 0.05) is 5.92 Å². The first-order chi connectivity index (χ1) is 8.26. The van der Waals surface area contributed by atoms with Crippen molar-refractivity contribution in [3.8, 4) is 11.8 Å². The Morgan fingerprint density at radius 1 is 1.35 bits per heavy atom. The average Bonchev–Trinajstić information content (AvgIpc) is 2.79. The summed E-state index contributed by atoms with van der Waals surface area (Å²) < 4.78 is 11.1. The van der Waals surface area contributed by atoms with E-state index in [-0.39, 0.29) is 6.10 Å². The van der Waals surface area contributed by atoms with Crippen molar-refractivity contribution in [2.75, 3.05) is 13.7 Å². The number of aromatic nitrogens is 2. The molecule has 0 amide bonds. The van der Waals surface area contributed by atoms with Crippen LogP contribution in [0, 0.1) is 12.8 Å². The number of ether oxygens (including phenoxy) is 2. The molecule has 1 aromatic rings. The third kappa shape index (κ3) is 2.49. The Hall–Kier alpha value is -1.36. The van der Waals surface area contributed by atoms with Crippen LogP contribution in [0.1, 0.15) is 24.8 Å². The number of hydrogen-bond acceptors (Lipinski definition) is 5. The molecule has 2 atom stereocenters. The summed E-state index contributed by atoms with van der Waals surface area (Å²) in [4.78, 5) is 8.20. The first kappa shape index (κ1) is 12.1. The normalized spacial score (nSPS) is 23.7. The number of methoxy groups -OCH3 is 1. The van der Waals surface area contributed by atoms with Crippen molar-refractivity contribution in [2.24, 2.45) is 11.7 Å². The topological polar surface area (TPSA) is 70.3 Å². The van der Waals surface area contributed by atoms with Crippen LogP contribution in [0.5, 0.6) is 11.8 Å². The van der Waals surface area contributed by atoms with Crippen LogP contribution >= 0.6 is 0 Å². The van der Waals surface area contributed by atoms with E-state index in [1.807, 2.05) is 6.92 Å². The largest absolute Gasteiger partial charge is 0.481 e. The molecule has 1 saturated carbocycles. The zero-order valence-corrected chi connectivity index (χ0v) is 10.3. The summed E-state index contributed by atoms with van der Waals surface area (Å²) in [6, 6.07) is 0. The molecule has 5 heteroatoms. The van der Waals surface area contributed by atoms with Crippen molar-refractivity contribution in [2.45, 2.75) is 32.3 Å². The van der Waals surface area contributed by atoms with Crippen molar-refractivity contribution in [1.29, 1.82) is 0 Å². The third-order valence-corrected chi connectivity index (χ3v) is 3.34. The van der Waals surface area contributed by atoms with E-state index in [2.05, 4.69) is 9.97 Å². The van der Waals surface area contributed by atoms with Gasteiger partial charge in [-0.3, -0.25) is 0 Å². The predicted octanol–water partition coefficient (Wildman–Crippen LogP) is 1.30. The maximum atomic E-state index is 5.94. The van der Waals surface area contributed by atoms with Crippen LogP contribution in [0.2, 0.25) is 0 Å². The van der Waals surface area contributed by atoms with E-state index in [0.29, 0.717) is 24.2 Å². The van der Waals surface area contributed by atoms with Crippen LogP contribution in [0.4, 0.5) is 0 Å². The highest BCUT2D eigenvalue weighted by Crippen LogP contribution is 2.31. The lowest BCUT2D eigenvalue weighted by molar-refractivity contribution is 0.153. The van der Waals surface area contributed by atoms with E-state index < -0.39 is 0 Å². The molecule has 2 N–H and O–H groups in total. The van der Waals surface area contributed by atoms with Crippen LogP contribution in [0.3, 0.4) is 0 Å². The van der Waals surface area contributed by atoms with Crippen molar-refractivity contribution in [1.82, 2.24) is 9.97 Å². The molecule has 94 valence electrons. The predicted molar refractivity (Wildman–Crippen MR) is 64.1 cm³/mol. The van der Waals surface area contributed by atoms with Gasteiger partial charge in [0.05, 0.1) is 12.7 Å². The van der Waals surface area contributed by atoms with E-state index in [1.165, 1.54) is 12.7 Å². The molecule has 0 aromatic carbocycles. The number of nitrogens with zero attached hydrogens (tertiary/aromatic N) is 2. The highest BCUT2D eigenvalue weighted by molar-refractivity contribution is 5.32. The first-order valence-electron chi connectivity index (χ1n) is 5.98. The zero-order valence-electron chi connectivity index (χ0n) is 10.3. The monoisotopic (exact) mass is 237 g/mol. The highest BCUT2D eigenvalue weighted by Gasteiger charge is 2.28. The minimum Gasteiger partial charge on any atom is -0.481 e. The Balaban J connectivity index is 2.13. The second-order valence-electron chi connectivity index (χ2n) is 4.40. The van der Waals surface area contributed by atoms with E-state index >= 15 is 0 Å². The second-order valence-corrected chi connectivity index (χ2v) is 4.40. The average molecular weight is 237 g/mol. The van der Waals surface area contributed by atoms with Gasteiger partial charge in [-0.15, -0.1) is 0 Å². The summed E-state index contributed by atoms with van der Waals surface area (Å²) >= 11 is 0. The van der Waals surface area contributed by atoms with Gasteiger partial charge in [-0.2, -0.15) is 0 Å². The molecule has 1 aliphatic carbocycles. The fraction of sp³-hybridized carbons (Fsp3) is 0.667. The number of hydrogen-bond donors (Lipinski definition) is 1. The Bertz CT molecular complexity index is 384. The lowest BCUT2D eigenvalue weighted by Crippen LogP contribution is -2.28. The van der Waals surface area contributed by atoms with E-state index in [0.717, 1.165) is 18.4 Å². The number of nitrogens with two attached hydrogens (primary N) is 1. The second kappa shape index (κ2) is 5.31. The van der Waals surface area contributed by atoms with Gasteiger partial charge in [-0.25, -0.2) is 9.97 Å². The Morgan fingerprint density at radius 3 is 2.82 bits per heavy atom. The first-order valence-corrected chi connectivity index (χ1v) is 5.98. The Kier molecular flexibility index (Phi) is 3.78. The summed E-state index contributed by atoms with van der Waals surface area (Å²) in [5.74, 6) is 1.62. The van der Waals surface area contributed by atoms with Crippen LogP contribution in [-0.2, 0) is 0 Å². The van der Waals surface area contributed by atoms with Gasteiger partial charge in [0.15, 0.2) is 0 Å². The van der Waals surface area contributed by atoms with E-state index in [4.69, 9.17) is 15.2 Å². The highest BCUT2D eigenvalue weighted by atomic mass is 16.5. The molecule has 17 heavy (non-hydrogen) atoms. The summed E-state index contributed by atoms with van der Waals surface area (Å²) in [5.41, 5.74) is 6.58. The van der Waals surface area contributed by atoms with Crippen LogP contribution in [-0.4, -0.2) is 29.7 Å². The molecule has 2 rings (SSSR count). The summed E-state index contributed by atoms with van der Waals surface area (Å²) in [5, 5.41) is 0. The maximum absolute atomic E-state index is 5.94. The van der Waals surface area contributed by atoms with Gasteiger partial charge in [0.1, 0.15) is 12.4 Å². The summed E-state index contributed by atoms with van der Waals surface area (Å²) in [6.07, 6.45) is 5.01. The summed E-state index contributed by atoms with van der Waals surface area (Å²) in [7, 11) is 1.59. The fourth-order valence-corrected chi connectivity index (χ4v) is 2.31. The van der Waals surface area contributed by atoms with Crippen LogP contribution in [0.15, 0.2) is 6.33 Å². The third-order valence-electron chi connectivity index (χ3n) is 3.34. The molecule has 1 aliphatic rings. The van der Waals surface area contributed by atoms with Gasteiger partial charge in [-0.1, -0.05) is 0 Å². The van der Waals surface area contributed by atoms with Crippen molar-refractivity contribution in [3.05, 3.63) is 11.9 Å². The van der Waals surface area contributed by atoms with Crippen molar-refractivity contribution in [3.63, 3.8) is 0 Å². The molecule has 0 spiro atoms. The molecule has 0 radical (unpaired) electrons. The lowest BCUT2D eigenvalue weighted by Gasteiger charge is -2.20. The molecular formula is C12H19N3O2. The quantitative estimate of drug-likeness (QED) is 0.854. The minimum atomic E-state index is 0.179. The van der Waals surface area contributed by atoms with Gasteiger partial charge in [0.25, 0.3) is 0 Å². The standard InChI is InChI=1S/C12H19N3O2/c1-8-11(16-2)14-7-15-12(8)17-10-5-3-4-9(10)6-13/h7,9-10H,3-6,13H2,1-2H3. The van der Waals surface area contributed by atoms with Crippen LogP contribution in [0.25, 0.3) is 0 Å². The zero-order chi connectivity index (χ0) is 12.3. The lowest BCUT2D eigenvalue weighted by atomic mass is 10.1. The molecule has 2 unspecified atom stereocenters. The molecular weight excluding hydrogens is 218 g/mol. The number of rotatable bonds is 4. The minimum absolute atomic E-state index is 0.179. The maximum Gasteiger partial charge on any atom is 0.223 e. The summed E-state index contributed by atoms with van der Waals surface area (Å²) in [6.45, 7) is 2.58. The smallest absolute Gasteiger partial charge is 0.223 e. The Labute approximate surface area is 101 Å². The van der Waals surface area contributed by atoms with Gasteiger partial charge < -0.3 is 15.2 Å². The molecule has 0 saturated heterocycles. The molecule has 1 aromatic heterocycles.